The van der Waals surface area contributed by atoms with Gasteiger partial charge < -0.3 is 10.6 Å². The van der Waals surface area contributed by atoms with Crippen molar-refractivity contribution in [1.82, 2.24) is 10.6 Å². The fourth-order valence-corrected chi connectivity index (χ4v) is 3.52. The highest BCUT2D eigenvalue weighted by Crippen LogP contribution is 2.68. The second-order valence-corrected chi connectivity index (χ2v) is 7.01. The van der Waals surface area contributed by atoms with Crippen LogP contribution >= 0.6 is 0 Å². The second kappa shape index (κ2) is 6.78. The summed E-state index contributed by atoms with van der Waals surface area (Å²) in [6.07, 6.45) is 2.85. The lowest BCUT2D eigenvalue weighted by atomic mass is 9.72. The summed E-state index contributed by atoms with van der Waals surface area (Å²) in [6.45, 7) is 3.32. The SMILES string of the molecule is C=CC(=O)NCc1ccc(CNC(=O)C2(C3CCC3)CC2(F)F)c(F)c1. The lowest BCUT2D eigenvalue weighted by Gasteiger charge is -2.33. The molecule has 0 saturated heterocycles. The summed E-state index contributed by atoms with van der Waals surface area (Å²) >= 11 is 0. The van der Waals surface area contributed by atoms with Crippen LogP contribution in [0, 0.1) is 17.2 Å². The Hall–Kier alpha value is -2.31. The minimum atomic E-state index is -2.96. The Kier molecular flexibility index (Phi) is 4.82. The van der Waals surface area contributed by atoms with Crippen molar-refractivity contribution in [2.45, 2.75) is 44.7 Å². The molecular formula is C19H21F3N2O2. The van der Waals surface area contributed by atoms with Gasteiger partial charge in [-0.25, -0.2) is 13.2 Å². The van der Waals surface area contributed by atoms with Crippen LogP contribution in [0.2, 0.25) is 0 Å². The Morgan fingerprint density at radius 3 is 2.42 bits per heavy atom. The summed E-state index contributed by atoms with van der Waals surface area (Å²) < 4.78 is 41.8. The largest absolute Gasteiger partial charge is 0.351 e. The number of hydrogen-bond acceptors (Lipinski definition) is 2. The topological polar surface area (TPSA) is 58.2 Å². The van der Waals surface area contributed by atoms with Gasteiger partial charge in [0, 0.05) is 25.1 Å². The van der Waals surface area contributed by atoms with E-state index < -0.39 is 29.5 Å². The maximum Gasteiger partial charge on any atom is 0.264 e. The van der Waals surface area contributed by atoms with E-state index in [4.69, 9.17) is 0 Å². The van der Waals surface area contributed by atoms with Gasteiger partial charge in [-0.05, 0) is 36.5 Å². The molecule has 26 heavy (non-hydrogen) atoms. The molecule has 0 radical (unpaired) electrons. The fourth-order valence-electron chi connectivity index (χ4n) is 3.52. The van der Waals surface area contributed by atoms with Crippen LogP contribution in [0.15, 0.2) is 30.9 Å². The Morgan fingerprint density at radius 1 is 1.23 bits per heavy atom. The van der Waals surface area contributed by atoms with Gasteiger partial charge in [-0.2, -0.15) is 0 Å². The third kappa shape index (κ3) is 3.22. The predicted octanol–water partition coefficient (Wildman–Crippen LogP) is 3.07. The molecule has 0 aliphatic heterocycles. The first-order chi connectivity index (χ1) is 12.3. The molecule has 0 heterocycles. The van der Waals surface area contributed by atoms with E-state index in [-0.39, 0.29) is 30.5 Å². The number of carbonyl (C=O) groups is 2. The molecule has 4 nitrogen and oxygen atoms in total. The normalized spacial score (nSPS) is 23.7. The summed E-state index contributed by atoms with van der Waals surface area (Å²) in [7, 11) is 0. The molecule has 2 N–H and O–H groups in total. The minimum Gasteiger partial charge on any atom is -0.351 e. The van der Waals surface area contributed by atoms with Gasteiger partial charge in [0.25, 0.3) is 5.92 Å². The van der Waals surface area contributed by atoms with E-state index in [9.17, 15) is 22.8 Å². The number of benzene rings is 1. The average molecular weight is 366 g/mol. The summed E-state index contributed by atoms with van der Waals surface area (Å²) in [6, 6.07) is 4.34. The zero-order chi connectivity index (χ0) is 18.9. The van der Waals surface area contributed by atoms with Gasteiger partial charge in [0.2, 0.25) is 11.8 Å². The van der Waals surface area contributed by atoms with Gasteiger partial charge in [0.1, 0.15) is 11.2 Å². The summed E-state index contributed by atoms with van der Waals surface area (Å²) in [5, 5.41) is 5.02. The maximum atomic E-state index is 14.2. The molecule has 0 bridgehead atoms. The first-order valence-electron chi connectivity index (χ1n) is 8.64. The average Bonchev–Trinajstić information content (AvgIpc) is 3.12. The van der Waals surface area contributed by atoms with E-state index in [0.717, 1.165) is 12.5 Å². The van der Waals surface area contributed by atoms with Crippen LogP contribution in [0.5, 0.6) is 0 Å². The van der Waals surface area contributed by atoms with Crippen LogP contribution in [-0.4, -0.2) is 17.7 Å². The van der Waals surface area contributed by atoms with Gasteiger partial charge in [-0.1, -0.05) is 25.1 Å². The molecule has 1 atom stereocenters. The lowest BCUT2D eigenvalue weighted by molar-refractivity contribution is -0.135. The van der Waals surface area contributed by atoms with Gasteiger partial charge in [0.15, 0.2) is 0 Å². The highest BCUT2D eigenvalue weighted by atomic mass is 19.3. The minimum absolute atomic E-state index is 0.144. The summed E-state index contributed by atoms with van der Waals surface area (Å²) in [5.74, 6) is -4.86. The maximum absolute atomic E-state index is 14.2. The van der Waals surface area contributed by atoms with Crippen molar-refractivity contribution in [3.63, 3.8) is 0 Å². The monoisotopic (exact) mass is 366 g/mol. The third-order valence-electron chi connectivity index (χ3n) is 5.44. The molecule has 3 rings (SSSR count). The van der Waals surface area contributed by atoms with Gasteiger partial charge >= 0.3 is 0 Å². The predicted molar refractivity (Wildman–Crippen MR) is 89.6 cm³/mol. The molecular weight excluding hydrogens is 345 g/mol. The first kappa shape index (κ1) is 18.5. The lowest BCUT2D eigenvalue weighted by Crippen LogP contribution is -2.42. The van der Waals surface area contributed by atoms with Gasteiger partial charge in [0.05, 0.1) is 0 Å². The summed E-state index contributed by atoms with van der Waals surface area (Å²) in [5.41, 5.74) is -0.839. The number of nitrogens with one attached hydrogen (secondary N) is 2. The molecule has 140 valence electrons. The van der Waals surface area contributed by atoms with Crippen molar-refractivity contribution in [3.8, 4) is 0 Å². The smallest absolute Gasteiger partial charge is 0.264 e. The fraction of sp³-hybridized carbons (Fsp3) is 0.474. The standard InChI is InChI=1S/C19H21F3N2O2/c1-2-16(25)23-9-12-6-7-13(15(20)8-12)10-24-17(26)18(11-19(18,21)22)14-4-3-5-14/h2,6-8,14H,1,3-5,9-11H2,(H,23,25)(H,24,26). The first-order valence-corrected chi connectivity index (χ1v) is 8.64. The molecule has 0 spiro atoms. The Labute approximate surface area is 149 Å². The van der Waals surface area contributed by atoms with E-state index >= 15 is 0 Å². The number of hydrogen-bond donors (Lipinski definition) is 2. The van der Waals surface area contributed by atoms with E-state index in [1.165, 1.54) is 12.1 Å². The summed E-state index contributed by atoms with van der Waals surface area (Å²) in [4.78, 5) is 23.5. The third-order valence-corrected chi connectivity index (χ3v) is 5.44. The van der Waals surface area contributed by atoms with Crippen molar-refractivity contribution in [2.75, 3.05) is 0 Å². The number of amides is 2. The molecule has 2 saturated carbocycles. The molecule has 0 aromatic heterocycles. The molecule has 7 heteroatoms. The van der Waals surface area contributed by atoms with Crippen LogP contribution in [0.25, 0.3) is 0 Å². The van der Waals surface area contributed by atoms with Gasteiger partial charge in [-0.3, -0.25) is 9.59 Å². The molecule has 1 unspecified atom stereocenters. The van der Waals surface area contributed by atoms with Crippen LogP contribution in [0.4, 0.5) is 13.2 Å². The molecule has 2 fully saturated rings. The van der Waals surface area contributed by atoms with Crippen molar-refractivity contribution in [1.29, 1.82) is 0 Å². The van der Waals surface area contributed by atoms with Crippen molar-refractivity contribution in [3.05, 3.63) is 47.8 Å². The Balaban J connectivity index is 1.60. The Morgan fingerprint density at radius 2 is 1.92 bits per heavy atom. The molecule has 2 aliphatic carbocycles. The van der Waals surface area contributed by atoms with Crippen molar-refractivity contribution < 1.29 is 22.8 Å². The number of carbonyl (C=O) groups excluding carboxylic acids is 2. The van der Waals surface area contributed by atoms with Crippen LogP contribution in [0.1, 0.15) is 36.8 Å². The van der Waals surface area contributed by atoms with Crippen molar-refractivity contribution >= 4 is 11.8 Å². The Bertz CT molecular complexity index is 746. The highest BCUT2D eigenvalue weighted by molar-refractivity contribution is 5.88. The second-order valence-electron chi connectivity index (χ2n) is 7.01. The zero-order valence-corrected chi connectivity index (χ0v) is 14.3. The van der Waals surface area contributed by atoms with Crippen LogP contribution in [-0.2, 0) is 22.7 Å². The van der Waals surface area contributed by atoms with E-state index in [1.807, 2.05) is 0 Å². The number of alkyl halides is 2. The molecule has 2 aliphatic rings. The van der Waals surface area contributed by atoms with E-state index in [2.05, 4.69) is 17.2 Å². The number of rotatable bonds is 7. The van der Waals surface area contributed by atoms with Crippen molar-refractivity contribution in [2.24, 2.45) is 11.3 Å². The highest BCUT2D eigenvalue weighted by Gasteiger charge is 2.78. The molecule has 1 aromatic rings. The van der Waals surface area contributed by atoms with E-state index in [0.29, 0.717) is 18.4 Å². The van der Waals surface area contributed by atoms with E-state index in [1.54, 1.807) is 6.07 Å². The quantitative estimate of drug-likeness (QED) is 0.729. The molecule has 2 amide bonds. The van der Waals surface area contributed by atoms with Crippen LogP contribution < -0.4 is 10.6 Å². The number of halogens is 3. The van der Waals surface area contributed by atoms with Crippen LogP contribution in [0.3, 0.4) is 0 Å². The molecule has 1 aromatic carbocycles. The zero-order valence-electron chi connectivity index (χ0n) is 14.3. The van der Waals surface area contributed by atoms with Gasteiger partial charge in [-0.15, -0.1) is 0 Å².